The highest BCUT2D eigenvalue weighted by molar-refractivity contribution is 6.41. The van der Waals surface area contributed by atoms with Gasteiger partial charge in [-0.1, -0.05) is 23.7 Å². The molecule has 2 unspecified atom stereocenters. The molecule has 0 radical (unpaired) electrons. The second-order valence-corrected chi connectivity index (χ2v) is 7.44. The number of nitrogens with zero attached hydrogens (tertiary/aromatic N) is 3. The molecule has 3 aliphatic heterocycles. The van der Waals surface area contributed by atoms with E-state index in [1.807, 2.05) is 0 Å². The third-order valence-electron chi connectivity index (χ3n) is 5.11. The summed E-state index contributed by atoms with van der Waals surface area (Å²) in [6, 6.07) is 4.13. The smallest absolute Gasteiger partial charge is 0.298 e. The Hall–Kier alpha value is -2.75. The molecule has 2 atom stereocenters. The van der Waals surface area contributed by atoms with Crippen LogP contribution in [0.1, 0.15) is 18.4 Å². The van der Waals surface area contributed by atoms with E-state index in [9.17, 15) is 14.0 Å². The zero-order chi connectivity index (χ0) is 21.3. The number of ether oxygens (including phenoxy) is 1. The number of hydrogen-bond acceptors (Lipinski definition) is 6. The van der Waals surface area contributed by atoms with Gasteiger partial charge in [0, 0.05) is 31.2 Å². The van der Waals surface area contributed by atoms with Crippen LogP contribution in [0.15, 0.2) is 50.9 Å². The fourth-order valence-corrected chi connectivity index (χ4v) is 3.79. The first kappa shape index (κ1) is 20.5. The Bertz CT molecular complexity index is 1030. The fourth-order valence-electron chi connectivity index (χ4n) is 3.57. The van der Waals surface area contributed by atoms with Crippen molar-refractivity contribution in [2.75, 3.05) is 19.7 Å². The lowest BCUT2D eigenvalue weighted by Crippen LogP contribution is -2.39. The zero-order valence-corrected chi connectivity index (χ0v) is 16.7. The van der Waals surface area contributed by atoms with E-state index in [4.69, 9.17) is 22.1 Å². The van der Waals surface area contributed by atoms with E-state index in [0.29, 0.717) is 13.2 Å². The van der Waals surface area contributed by atoms with Crippen LogP contribution in [0.5, 0.6) is 0 Å². The Kier molecular flexibility index (Phi) is 5.85. The highest BCUT2D eigenvalue weighted by atomic mass is 35.5. The number of aliphatic imine (C=N–C) groups is 1. The SMILES string of the molecule is NCC1C=C(C2=C(c3cccc(F)c3Cl)C(=O)N=N2)N=C1C(=O)NCC1CCCO1. The maximum Gasteiger partial charge on any atom is 0.298 e. The minimum atomic E-state index is -0.668. The number of benzene rings is 1. The number of carbonyl (C=O) groups excluding carboxylic acids is 2. The van der Waals surface area contributed by atoms with E-state index >= 15 is 0 Å². The van der Waals surface area contributed by atoms with Crippen molar-refractivity contribution in [1.29, 1.82) is 0 Å². The molecule has 0 saturated carbocycles. The second kappa shape index (κ2) is 8.55. The number of azo groups is 1. The average molecular weight is 432 g/mol. The molecule has 1 aromatic carbocycles. The van der Waals surface area contributed by atoms with Crippen molar-refractivity contribution in [3.8, 4) is 0 Å². The number of nitrogens with two attached hydrogens (primary N) is 1. The zero-order valence-electron chi connectivity index (χ0n) is 15.9. The van der Waals surface area contributed by atoms with Gasteiger partial charge in [0.15, 0.2) is 0 Å². The first-order chi connectivity index (χ1) is 14.5. The van der Waals surface area contributed by atoms with Gasteiger partial charge >= 0.3 is 0 Å². The van der Waals surface area contributed by atoms with E-state index in [1.165, 1.54) is 18.2 Å². The molecule has 0 bridgehead atoms. The van der Waals surface area contributed by atoms with Gasteiger partial charge < -0.3 is 15.8 Å². The van der Waals surface area contributed by atoms with E-state index in [-0.39, 0.29) is 51.8 Å². The van der Waals surface area contributed by atoms with Crippen molar-refractivity contribution < 1.29 is 18.7 Å². The van der Waals surface area contributed by atoms with E-state index in [0.717, 1.165) is 12.8 Å². The number of halogens is 2. The Labute approximate surface area is 176 Å². The lowest BCUT2D eigenvalue weighted by atomic mass is 10.0. The summed E-state index contributed by atoms with van der Waals surface area (Å²) in [5.41, 5.74) is 6.65. The van der Waals surface area contributed by atoms with Crippen LogP contribution < -0.4 is 11.1 Å². The van der Waals surface area contributed by atoms with Gasteiger partial charge in [-0.2, -0.15) is 0 Å². The van der Waals surface area contributed by atoms with Crippen molar-refractivity contribution in [2.24, 2.45) is 26.9 Å². The summed E-state index contributed by atoms with van der Waals surface area (Å²) in [7, 11) is 0. The summed E-state index contributed by atoms with van der Waals surface area (Å²) in [6.45, 7) is 1.22. The fraction of sp³-hybridized carbons (Fsp3) is 0.350. The standard InChI is InChI=1S/C20H19ClFN5O3/c21-16-12(4-1-5-13(16)22)15-18(26-27-19(15)28)14-7-10(8-23)17(25-14)20(29)24-9-11-3-2-6-30-11/h1,4-5,7,10-11H,2-3,6,8-9,23H2,(H,24,29). The Balaban J connectivity index is 1.63. The summed E-state index contributed by atoms with van der Waals surface area (Å²) >= 11 is 6.05. The molecule has 3 N–H and O–H groups in total. The van der Waals surface area contributed by atoms with E-state index < -0.39 is 17.6 Å². The summed E-state index contributed by atoms with van der Waals surface area (Å²) < 4.78 is 19.4. The van der Waals surface area contributed by atoms with Crippen LogP contribution in [0, 0.1) is 11.7 Å². The molecule has 8 nitrogen and oxygen atoms in total. The molecule has 0 spiro atoms. The first-order valence-electron chi connectivity index (χ1n) is 9.55. The largest absolute Gasteiger partial charge is 0.376 e. The molecule has 3 aliphatic rings. The summed E-state index contributed by atoms with van der Waals surface area (Å²) in [6.07, 6.45) is 3.51. The van der Waals surface area contributed by atoms with Crippen molar-refractivity contribution >= 4 is 34.7 Å². The lowest BCUT2D eigenvalue weighted by Gasteiger charge is -2.13. The van der Waals surface area contributed by atoms with E-state index in [1.54, 1.807) is 6.08 Å². The molecule has 1 aromatic rings. The van der Waals surface area contributed by atoms with Crippen LogP contribution in [0.2, 0.25) is 5.02 Å². The molecule has 0 aromatic heterocycles. The third-order valence-corrected chi connectivity index (χ3v) is 5.49. The monoisotopic (exact) mass is 431 g/mol. The van der Waals surface area contributed by atoms with Crippen LogP contribution in [-0.4, -0.2) is 43.3 Å². The molecule has 10 heteroatoms. The first-order valence-corrected chi connectivity index (χ1v) is 9.92. The van der Waals surface area contributed by atoms with Crippen molar-refractivity contribution in [3.63, 3.8) is 0 Å². The molecule has 4 rings (SSSR count). The summed E-state index contributed by atoms with van der Waals surface area (Å²) in [4.78, 5) is 29.4. The molecular formula is C20H19ClFN5O3. The summed E-state index contributed by atoms with van der Waals surface area (Å²) in [5.74, 6) is -2.14. The lowest BCUT2D eigenvalue weighted by molar-refractivity contribution is -0.115. The molecule has 0 aliphatic carbocycles. The predicted octanol–water partition coefficient (Wildman–Crippen LogP) is 2.39. The van der Waals surface area contributed by atoms with Gasteiger partial charge in [-0.15, -0.1) is 10.2 Å². The number of nitrogens with one attached hydrogen (secondary N) is 1. The number of amides is 2. The van der Waals surface area contributed by atoms with Gasteiger partial charge in [-0.05, 0) is 25.0 Å². The van der Waals surface area contributed by atoms with Crippen LogP contribution in [0.25, 0.3) is 5.57 Å². The minimum absolute atomic E-state index is 0.00890. The number of hydrogen-bond donors (Lipinski definition) is 2. The topological polar surface area (TPSA) is 119 Å². The normalized spacial score (nSPS) is 23.2. The van der Waals surface area contributed by atoms with E-state index in [2.05, 4.69) is 20.5 Å². The molecular weight excluding hydrogens is 413 g/mol. The Morgan fingerprint density at radius 3 is 2.93 bits per heavy atom. The number of carbonyl (C=O) groups is 2. The second-order valence-electron chi connectivity index (χ2n) is 7.07. The molecule has 156 valence electrons. The van der Waals surface area contributed by atoms with Crippen LogP contribution in [0.4, 0.5) is 4.39 Å². The molecule has 2 amide bonds. The van der Waals surface area contributed by atoms with Crippen molar-refractivity contribution in [2.45, 2.75) is 18.9 Å². The van der Waals surface area contributed by atoms with Crippen molar-refractivity contribution in [1.82, 2.24) is 5.32 Å². The molecule has 1 fully saturated rings. The van der Waals surface area contributed by atoms with Crippen LogP contribution in [-0.2, 0) is 14.3 Å². The Morgan fingerprint density at radius 1 is 1.37 bits per heavy atom. The maximum atomic E-state index is 13.9. The van der Waals surface area contributed by atoms with Crippen LogP contribution >= 0.6 is 11.6 Å². The van der Waals surface area contributed by atoms with Gasteiger partial charge in [0.1, 0.15) is 17.2 Å². The molecule has 1 saturated heterocycles. The third kappa shape index (κ3) is 3.83. The van der Waals surface area contributed by atoms with Gasteiger partial charge in [0.2, 0.25) is 0 Å². The van der Waals surface area contributed by atoms with Gasteiger partial charge in [-0.25, -0.2) is 9.38 Å². The molecule has 30 heavy (non-hydrogen) atoms. The minimum Gasteiger partial charge on any atom is -0.376 e. The van der Waals surface area contributed by atoms with Gasteiger partial charge in [-0.3, -0.25) is 9.59 Å². The van der Waals surface area contributed by atoms with Crippen molar-refractivity contribution in [3.05, 3.63) is 52.1 Å². The number of rotatable bonds is 6. The molecule has 3 heterocycles. The van der Waals surface area contributed by atoms with Gasteiger partial charge in [0.25, 0.3) is 11.8 Å². The Morgan fingerprint density at radius 2 is 2.20 bits per heavy atom. The maximum absolute atomic E-state index is 13.9. The quantitative estimate of drug-likeness (QED) is 0.718. The predicted molar refractivity (Wildman–Crippen MR) is 108 cm³/mol. The highest BCUT2D eigenvalue weighted by Gasteiger charge is 2.33. The highest BCUT2D eigenvalue weighted by Crippen LogP contribution is 2.38. The average Bonchev–Trinajstić information content (AvgIpc) is 3.48. The van der Waals surface area contributed by atoms with Crippen LogP contribution in [0.3, 0.4) is 0 Å². The van der Waals surface area contributed by atoms with Gasteiger partial charge in [0.05, 0.1) is 22.4 Å². The summed E-state index contributed by atoms with van der Waals surface area (Å²) in [5, 5.41) is 10.1.